The quantitative estimate of drug-likeness (QED) is 0.0684. The molecular weight excluding hydrogens is 1060 g/mol. The number of nitrogens with two attached hydrogens (primary N) is 1. The summed E-state index contributed by atoms with van der Waals surface area (Å²) in [7, 11) is 10.4. The molecule has 0 spiro atoms. The third-order valence-electron chi connectivity index (χ3n) is 5.49. The van der Waals surface area contributed by atoms with E-state index in [1.807, 2.05) is 110 Å². The van der Waals surface area contributed by atoms with Gasteiger partial charge in [0.05, 0.1) is 38.5 Å². The number of nitriles is 1. The predicted octanol–water partition coefficient (Wildman–Crippen LogP) is 5.34. The number of carboxylic acids is 1. The van der Waals surface area contributed by atoms with Gasteiger partial charge in [-0.2, -0.15) is 44.0 Å². The Morgan fingerprint density at radius 1 is 0.918 bits per heavy atom. The molecule has 0 fully saturated rings. The molecule has 420 valence electrons. The van der Waals surface area contributed by atoms with Crippen molar-refractivity contribution < 1.29 is 81.0 Å². The van der Waals surface area contributed by atoms with Crippen molar-refractivity contribution in [2.24, 2.45) is 26.9 Å². The van der Waals surface area contributed by atoms with Crippen molar-refractivity contribution in [1.82, 2.24) is 49.4 Å². The average molecular weight is 1150 g/mol. The number of imidazole rings is 1. The first-order valence-corrected chi connectivity index (χ1v) is 23.6. The average Bonchev–Trinajstić information content (AvgIpc) is 4.18. The summed E-state index contributed by atoms with van der Waals surface area (Å²) >= 11 is 7.58. The molecule has 4 heterocycles. The van der Waals surface area contributed by atoms with E-state index in [4.69, 9.17) is 34.8 Å². The number of aryl methyl sites for hydroxylation is 5. The van der Waals surface area contributed by atoms with E-state index in [1.54, 1.807) is 66.8 Å². The van der Waals surface area contributed by atoms with E-state index in [2.05, 4.69) is 69.9 Å². The summed E-state index contributed by atoms with van der Waals surface area (Å²) in [6.07, 6.45) is 6.50. The number of primary amides is 1. The Morgan fingerprint density at radius 3 is 1.52 bits per heavy atom. The number of H-pyrrole nitrogens is 1. The monoisotopic (exact) mass is 1150 g/mol. The molecule has 73 heavy (non-hydrogen) atoms. The van der Waals surface area contributed by atoms with E-state index in [0.29, 0.717) is 44.6 Å². The molecule has 2 amide bonds. The van der Waals surface area contributed by atoms with E-state index in [-0.39, 0.29) is 48.3 Å². The van der Waals surface area contributed by atoms with Gasteiger partial charge in [0.1, 0.15) is 11.0 Å². The molecule has 5 rings (SSSR count). The van der Waals surface area contributed by atoms with Gasteiger partial charge in [-0.3, -0.25) is 33.5 Å². The predicted molar refractivity (Wildman–Crippen MR) is 282 cm³/mol. The van der Waals surface area contributed by atoms with Gasteiger partial charge in [0, 0.05) is 123 Å². The molecule has 1 aromatic carbocycles. The molecule has 5 aromatic rings. The van der Waals surface area contributed by atoms with Gasteiger partial charge in [0.15, 0.2) is 7.05 Å². The van der Waals surface area contributed by atoms with Crippen LogP contribution in [-0.4, -0.2) is 145 Å². The minimum absolute atomic E-state index is 0. The minimum Gasteiger partial charge on any atom is -0.550 e. The van der Waals surface area contributed by atoms with Gasteiger partial charge in [0.25, 0.3) is 5.91 Å². The summed E-state index contributed by atoms with van der Waals surface area (Å²) in [5.74, 6) is 0.330. The van der Waals surface area contributed by atoms with Crippen LogP contribution in [0.4, 0.5) is 17.6 Å². The van der Waals surface area contributed by atoms with Gasteiger partial charge < -0.3 is 34.6 Å². The number of nitrogens with one attached hydrogen (secondary N) is 1. The SMILES string of the molecule is CBr.CC.CC.CC.CC#N.CC(=O)[O-].CC(F)(F)F.CC(N)=O.CCl.CF.COCCN(CCOC)C(=O)c1ccc2n[nH]nc2c1.C[N+](=O)[O-].Cc1cc(C)n(C)n1.Cn1cccn1.Cn1ccnc1.[Na+]. The fourth-order valence-corrected chi connectivity index (χ4v) is 3.28. The largest absolute Gasteiger partial charge is 1.00 e. The van der Waals surface area contributed by atoms with Crippen LogP contribution in [0.25, 0.3) is 11.0 Å². The number of benzene rings is 1. The number of carboxylic acid groups (broad SMARTS) is 1. The van der Waals surface area contributed by atoms with Crippen LogP contribution in [0.15, 0.2) is 61.4 Å². The van der Waals surface area contributed by atoms with Crippen LogP contribution in [0.5, 0.6) is 0 Å². The van der Waals surface area contributed by atoms with Crippen molar-refractivity contribution >= 4 is 56.3 Å². The first-order valence-electron chi connectivity index (χ1n) is 21.3. The van der Waals surface area contributed by atoms with Gasteiger partial charge in [-0.25, -0.2) is 4.98 Å². The molecule has 0 aliphatic rings. The Hall–Kier alpha value is -5.04. The smallest absolute Gasteiger partial charge is 0.550 e. The van der Waals surface area contributed by atoms with Crippen LogP contribution < -0.4 is 40.4 Å². The summed E-state index contributed by atoms with van der Waals surface area (Å²) in [4.78, 5) is 44.4. The van der Waals surface area contributed by atoms with Crippen LogP contribution in [0, 0.1) is 35.3 Å². The Morgan fingerprint density at radius 2 is 1.30 bits per heavy atom. The van der Waals surface area contributed by atoms with Crippen molar-refractivity contribution in [2.45, 2.75) is 89.3 Å². The number of nitrogens with zero attached hydrogens (tertiary/aromatic N) is 11. The number of halogens is 6. The Balaban J connectivity index is -0.0000000689. The van der Waals surface area contributed by atoms with E-state index in [1.165, 1.54) is 25.9 Å². The van der Waals surface area contributed by atoms with Crippen LogP contribution in [-0.2, 0) is 40.2 Å². The van der Waals surface area contributed by atoms with Gasteiger partial charge >= 0.3 is 35.7 Å². The summed E-state index contributed by atoms with van der Waals surface area (Å²) in [5.41, 5.74) is 8.77. The number of fused-ring (bicyclic) bond motifs is 1. The summed E-state index contributed by atoms with van der Waals surface area (Å²) < 4.78 is 56.1. The van der Waals surface area contributed by atoms with Crippen molar-refractivity contribution in [3.8, 4) is 6.07 Å². The summed E-state index contributed by atoms with van der Waals surface area (Å²) in [6.45, 7) is 22.0. The number of rotatable bonds is 7. The number of hydrogen-bond acceptors (Lipinski definition) is 14. The van der Waals surface area contributed by atoms with Crippen LogP contribution >= 0.6 is 27.5 Å². The van der Waals surface area contributed by atoms with Crippen molar-refractivity contribution in [3.05, 3.63) is 88.5 Å². The number of carbonyl (C=O) groups excluding carboxylic acids is 3. The Bertz CT molecular complexity index is 1800. The second-order valence-electron chi connectivity index (χ2n) is 11.3. The summed E-state index contributed by atoms with van der Waals surface area (Å²) in [5, 5.41) is 43.5. The maximum atomic E-state index is 12.5. The third kappa shape index (κ3) is 90.2. The van der Waals surface area contributed by atoms with E-state index >= 15 is 0 Å². The van der Waals surface area contributed by atoms with E-state index in [0.717, 1.165) is 25.2 Å². The number of hydrogen-bond donors (Lipinski definition) is 2. The normalized spacial score (nSPS) is 7.97. The molecule has 0 saturated carbocycles. The van der Waals surface area contributed by atoms with E-state index < -0.39 is 17.1 Å². The minimum atomic E-state index is -4.00. The molecule has 21 nitrogen and oxygen atoms in total. The maximum Gasteiger partial charge on any atom is 1.00 e. The number of amides is 2. The zero-order valence-corrected chi connectivity index (χ0v) is 51.5. The summed E-state index contributed by atoms with van der Waals surface area (Å²) in [6, 6.07) is 10.9. The molecule has 0 bridgehead atoms. The first kappa shape index (κ1) is 93.9. The molecule has 0 saturated heterocycles. The number of aliphatic carboxylic acids is 1. The standard InChI is InChI=1S/C13H18N4O3.C6H10N2.2C4H6N2.C2H3F3.C2H5NO.C2H3N.C2H4O2.3C2H6.CH3Br.CH3Cl.CH3F.CH3NO2.Na/c1-19-7-5-17(6-8-20-2)13(18)10-3-4-11-12(9-10)15-16-14-11;1-5-4-6(2)8(3)7-5;1-6-3-2-5-4-6;1-6-4-2-3-5-6;1-2(3,4)5;1-2(3)4;1-2-3;1-2(3)4;6*1-2;1-2(3)4;/h3-4,9H,5-8H2,1-2H3,(H,14,15,16);4H,1-3H3;2*2-4H,1H3;1H3;1H3,(H2,3,4);1H3;1H3,(H,3,4);3*1-2H3;3*1H3;1H3;/q;;;;;;;;;;;;;;;+1/p-1. The second kappa shape index (κ2) is 73.5. The number of nitro groups is 1. The molecule has 0 radical (unpaired) electrons. The molecule has 0 atom stereocenters. The second-order valence-corrected chi connectivity index (χ2v) is 11.3. The molecule has 0 aliphatic heterocycles. The number of methoxy groups -OCH3 is 2. The first-order chi connectivity index (χ1) is 33.9. The number of carbonyl (C=O) groups is 3. The van der Waals surface area contributed by atoms with Crippen molar-refractivity contribution in [3.63, 3.8) is 0 Å². The van der Waals surface area contributed by atoms with Gasteiger partial charge in [0.2, 0.25) is 5.91 Å². The third-order valence-corrected chi connectivity index (χ3v) is 5.49. The van der Waals surface area contributed by atoms with Crippen molar-refractivity contribution in [1.29, 1.82) is 5.26 Å². The molecule has 0 unspecified atom stereocenters. The maximum absolute atomic E-state index is 12.5. The van der Waals surface area contributed by atoms with Crippen LogP contribution in [0.1, 0.15) is 91.0 Å². The number of aromatic amines is 1. The Labute approximate surface area is 467 Å². The van der Waals surface area contributed by atoms with Crippen molar-refractivity contribution in [2.75, 3.05) is 67.0 Å². The zero-order valence-electron chi connectivity index (χ0n) is 47.1. The van der Waals surface area contributed by atoms with Crippen LogP contribution in [0.2, 0.25) is 0 Å². The van der Waals surface area contributed by atoms with Crippen LogP contribution in [0.3, 0.4) is 0 Å². The van der Waals surface area contributed by atoms with Gasteiger partial charge in [-0.1, -0.05) is 57.5 Å². The molecule has 4 aromatic heterocycles. The fraction of sp³-hybridized carbons (Fsp3) is 0.578. The molecule has 0 aliphatic carbocycles. The zero-order chi connectivity index (χ0) is 59.3. The van der Waals surface area contributed by atoms with Gasteiger partial charge in [-0.15, -0.1) is 11.6 Å². The van der Waals surface area contributed by atoms with E-state index in [9.17, 15) is 27.2 Å². The molecular formula is C45H84BrClF4N13NaO8. The van der Waals surface area contributed by atoms with Gasteiger partial charge in [-0.05, 0) is 56.9 Å². The number of aromatic nitrogens is 9. The topological polar surface area (TPSA) is 284 Å². The number of alkyl halides is 6. The number of ether oxygens (including phenoxy) is 2. The molecule has 28 heteroatoms. The molecule has 3 N–H and O–H groups in total. The Kier molecular flexibility index (Phi) is 94.6. The fourth-order valence-electron chi connectivity index (χ4n) is 3.28.